The Kier molecular flexibility index (Phi) is 10.6. The fourth-order valence-electron chi connectivity index (χ4n) is 3.23. The molecule has 1 aliphatic heterocycles. The summed E-state index contributed by atoms with van der Waals surface area (Å²) in [4.78, 5) is 4.97. The fraction of sp³-hybridized carbons (Fsp3) is 0.682. The lowest BCUT2D eigenvalue weighted by molar-refractivity contribution is 0.108. The molecule has 0 amide bonds. The summed E-state index contributed by atoms with van der Waals surface area (Å²) < 4.78 is 32.7. The van der Waals surface area contributed by atoms with Crippen molar-refractivity contribution in [2.75, 3.05) is 39.4 Å². The third-order valence-electron chi connectivity index (χ3n) is 4.85. The van der Waals surface area contributed by atoms with Gasteiger partial charge in [-0.25, -0.2) is 13.4 Å². The van der Waals surface area contributed by atoms with Crippen LogP contribution in [0.15, 0.2) is 34.2 Å². The zero-order valence-corrected chi connectivity index (χ0v) is 19.5. The number of rotatable bonds is 11. The van der Waals surface area contributed by atoms with E-state index in [1.54, 1.807) is 16.4 Å². The van der Waals surface area contributed by atoms with E-state index in [0.29, 0.717) is 30.4 Å². The largest absolute Gasteiger partial charge is 0.381 e. The van der Waals surface area contributed by atoms with Gasteiger partial charge in [0.15, 0.2) is 5.96 Å². The molecule has 0 radical (unpaired) electrons. The van der Waals surface area contributed by atoms with Crippen molar-refractivity contribution < 1.29 is 13.2 Å². The number of nitrogens with one attached hydrogen (secondary N) is 2. The molecule has 1 aliphatic rings. The third kappa shape index (κ3) is 8.24. The molecule has 0 bridgehead atoms. The molecule has 8 heteroatoms. The maximum atomic E-state index is 12.7. The van der Waals surface area contributed by atoms with Crippen molar-refractivity contribution in [2.45, 2.75) is 57.9 Å². The topological polar surface area (TPSA) is 83.0 Å². The second-order valence-electron chi connectivity index (χ2n) is 8.05. The summed E-state index contributed by atoms with van der Waals surface area (Å²) in [6.07, 6.45) is 3.91. The molecule has 0 spiro atoms. The molecule has 170 valence electrons. The van der Waals surface area contributed by atoms with Crippen LogP contribution in [-0.4, -0.2) is 58.1 Å². The first-order chi connectivity index (χ1) is 14.4. The fourth-order valence-corrected chi connectivity index (χ4v) is 4.75. The Morgan fingerprint density at radius 1 is 1.13 bits per heavy atom. The van der Waals surface area contributed by atoms with Crippen LogP contribution < -0.4 is 10.6 Å². The van der Waals surface area contributed by atoms with Gasteiger partial charge >= 0.3 is 0 Å². The van der Waals surface area contributed by atoms with Crippen LogP contribution in [0.4, 0.5) is 0 Å². The van der Waals surface area contributed by atoms with E-state index in [1.165, 1.54) is 0 Å². The van der Waals surface area contributed by atoms with Gasteiger partial charge in [-0.1, -0.05) is 32.4 Å². The Hall–Kier alpha value is -1.64. The van der Waals surface area contributed by atoms with Gasteiger partial charge in [0.2, 0.25) is 10.0 Å². The number of nitrogens with zero attached hydrogens (tertiary/aromatic N) is 2. The van der Waals surface area contributed by atoms with Gasteiger partial charge in [0.05, 0.1) is 11.4 Å². The SMILES string of the molecule is CCNC(=NCc1ccc(S(=O)(=O)N2CCCCC2)cc1)NCCCOCC(C)C. The Morgan fingerprint density at radius 3 is 2.47 bits per heavy atom. The Morgan fingerprint density at radius 2 is 1.83 bits per heavy atom. The summed E-state index contributed by atoms with van der Waals surface area (Å²) in [7, 11) is -3.38. The van der Waals surface area contributed by atoms with Crippen molar-refractivity contribution in [3.8, 4) is 0 Å². The minimum atomic E-state index is -3.38. The molecule has 2 rings (SSSR count). The van der Waals surface area contributed by atoms with Gasteiger partial charge in [-0.3, -0.25) is 0 Å². The number of hydrogen-bond acceptors (Lipinski definition) is 4. The van der Waals surface area contributed by atoms with E-state index in [-0.39, 0.29) is 0 Å². The first kappa shape index (κ1) is 24.6. The zero-order chi connectivity index (χ0) is 21.8. The van der Waals surface area contributed by atoms with E-state index in [9.17, 15) is 8.42 Å². The van der Waals surface area contributed by atoms with Crippen molar-refractivity contribution in [3.63, 3.8) is 0 Å². The van der Waals surface area contributed by atoms with Gasteiger partial charge < -0.3 is 15.4 Å². The average Bonchev–Trinajstić information content (AvgIpc) is 2.75. The van der Waals surface area contributed by atoms with Gasteiger partial charge in [-0.05, 0) is 49.8 Å². The highest BCUT2D eigenvalue weighted by molar-refractivity contribution is 7.89. The molecule has 0 unspecified atom stereocenters. The number of aliphatic imine (C=N–C) groups is 1. The molecule has 1 aromatic rings. The standard InChI is InChI=1S/C22H38N4O3S/c1-4-23-22(24-13-8-16-29-18-19(2)3)25-17-20-9-11-21(12-10-20)30(27,28)26-14-6-5-7-15-26/h9-12,19H,4-8,13-18H2,1-3H3,(H2,23,24,25). The highest BCUT2D eigenvalue weighted by Gasteiger charge is 2.25. The van der Waals surface area contributed by atoms with Gasteiger partial charge in [-0.15, -0.1) is 0 Å². The molecule has 2 N–H and O–H groups in total. The predicted octanol–water partition coefficient (Wildman–Crippen LogP) is 2.98. The summed E-state index contributed by atoms with van der Waals surface area (Å²) in [6, 6.07) is 7.09. The van der Waals surface area contributed by atoms with Gasteiger partial charge in [0.1, 0.15) is 0 Å². The predicted molar refractivity (Wildman–Crippen MR) is 122 cm³/mol. The minimum Gasteiger partial charge on any atom is -0.381 e. The second kappa shape index (κ2) is 12.9. The van der Waals surface area contributed by atoms with Crippen LogP contribution in [0.3, 0.4) is 0 Å². The van der Waals surface area contributed by atoms with E-state index < -0.39 is 10.0 Å². The summed E-state index contributed by atoms with van der Waals surface area (Å²) in [6.45, 7) is 11.1. The lowest BCUT2D eigenvalue weighted by atomic mass is 10.2. The van der Waals surface area contributed by atoms with Crippen LogP contribution in [0.5, 0.6) is 0 Å². The molecule has 1 heterocycles. The Bertz CT molecular complexity index is 742. The number of benzene rings is 1. The number of sulfonamides is 1. The Labute approximate surface area is 182 Å². The van der Waals surface area contributed by atoms with Crippen LogP contribution in [0.2, 0.25) is 0 Å². The maximum absolute atomic E-state index is 12.7. The normalized spacial score (nSPS) is 16.1. The van der Waals surface area contributed by atoms with Crippen molar-refractivity contribution in [1.29, 1.82) is 0 Å². The van der Waals surface area contributed by atoms with E-state index in [2.05, 4.69) is 29.5 Å². The van der Waals surface area contributed by atoms with Crippen LogP contribution in [0.25, 0.3) is 0 Å². The quantitative estimate of drug-likeness (QED) is 0.315. The minimum absolute atomic E-state index is 0.364. The first-order valence-corrected chi connectivity index (χ1v) is 12.6. The van der Waals surface area contributed by atoms with E-state index in [1.807, 2.05) is 19.1 Å². The summed E-state index contributed by atoms with van der Waals surface area (Å²) in [5.74, 6) is 1.31. The molecule has 0 aromatic heterocycles. The number of guanidine groups is 1. The molecule has 1 saturated heterocycles. The number of hydrogen-bond donors (Lipinski definition) is 2. The molecule has 0 aliphatic carbocycles. The van der Waals surface area contributed by atoms with Crippen LogP contribution in [0, 0.1) is 5.92 Å². The van der Waals surface area contributed by atoms with E-state index >= 15 is 0 Å². The van der Waals surface area contributed by atoms with Crippen molar-refractivity contribution in [2.24, 2.45) is 10.9 Å². The lowest BCUT2D eigenvalue weighted by Gasteiger charge is -2.25. The van der Waals surface area contributed by atoms with Crippen molar-refractivity contribution in [3.05, 3.63) is 29.8 Å². The second-order valence-corrected chi connectivity index (χ2v) is 9.99. The van der Waals surface area contributed by atoms with Crippen LogP contribution >= 0.6 is 0 Å². The van der Waals surface area contributed by atoms with Gasteiger partial charge in [0.25, 0.3) is 0 Å². The smallest absolute Gasteiger partial charge is 0.243 e. The highest BCUT2D eigenvalue weighted by atomic mass is 32.2. The van der Waals surface area contributed by atoms with Crippen molar-refractivity contribution in [1.82, 2.24) is 14.9 Å². The van der Waals surface area contributed by atoms with Crippen LogP contribution in [0.1, 0.15) is 52.0 Å². The molecule has 0 saturated carbocycles. The molecule has 1 fully saturated rings. The molecule has 7 nitrogen and oxygen atoms in total. The summed E-state index contributed by atoms with van der Waals surface area (Å²) in [5.41, 5.74) is 0.977. The maximum Gasteiger partial charge on any atom is 0.243 e. The Balaban J connectivity index is 1.86. The third-order valence-corrected chi connectivity index (χ3v) is 6.76. The van der Waals surface area contributed by atoms with E-state index in [0.717, 1.165) is 63.5 Å². The molecule has 0 atom stereocenters. The molecule has 30 heavy (non-hydrogen) atoms. The average molecular weight is 439 g/mol. The number of ether oxygens (including phenoxy) is 1. The first-order valence-electron chi connectivity index (χ1n) is 11.1. The van der Waals surface area contributed by atoms with Crippen LogP contribution in [-0.2, 0) is 21.3 Å². The molecular weight excluding hydrogens is 400 g/mol. The molecular formula is C22H38N4O3S. The number of piperidine rings is 1. The van der Waals surface area contributed by atoms with Crippen molar-refractivity contribution >= 4 is 16.0 Å². The van der Waals surface area contributed by atoms with E-state index in [4.69, 9.17) is 4.74 Å². The lowest BCUT2D eigenvalue weighted by Crippen LogP contribution is -2.38. The summed E-state index contributed by atoms with van der Waals surface area (Å²) in [5, 5.41) is 6.55. The molecule has 1 aromatic carbocycles. The van der Waals surface area contributed by atoms with Gasteiger partial charge in [0, 0.05) is 39.4 Å². The zero-order valence-electron chi connectivity index (χ0n) is 18.7. The monoisotopic (exact) mass is 438 g/mol. The van der Waals surface area contributed by atoms with Gasteiger partial charge in [-0.2, -0.15) is 4.31 Å². The summed E-state index contributed by atoms with van der Waals surface area (Å²) >= 11 is 0. The highest BCUT2D eigenvalue weighted by Crippen LogP contribution is 2.21.